The minimum Gasteiger partial charge on any atom is -0.406 e. The predicted molar refractivity (Wildman–Crippen MR) is 138 cm³/mol. The van der Waals surface area contributed by atoms with E-state index in [2.05, 4.69) is 26.7 Å². The second kappa shape index (κ2) is 11.3. The number of oxime groups is 1. The molecule has 1 saturated carbocycles. The molecule has 1 aliphatic carbocycles. The monoisotopic (exact) mass is 515 g/mol. The second-order valence-electron chi connectivity index (χ2n) is 8.94. The highest BCUT2D eigenvalue weighted by molar-refractivity contribution is 6.00. The Morgan fingerprint density at radius 2 is 1.79 bits per heavy atom. The average molecular weight is 516 g/mol. The lowest BCUT2D eigenvalue weighted by atomic mass is 10.0. The van der Waals surface area contributed by atoms with Gasteiger partial charge >= 0.3 is 6.36 Å². The third kappa shape index (κ3) is 7.26. The number of ether oxygens (including phenoxy) is 1. The Hall–Kier alpha value is -4.51. The highest BCUT2D eigenvalue weighted by Crippen LogP contribution is 2.29. The Bertz CT molecular complexity index is 1450. The Labute approximate surface area is 218 Å². The van der Waals surface area contributed by atoms with E-state index >= 15 is 0 Å². The lowest BCUT2D eigenvalue weighted by Gasteiger charge is -2.11. The number of nitrogens with zero attached hydrogens (tertiary/aromatic N) is 3. The molecule has 0 saturated heterocycles. The number of aromatic nitrogens is 2. The largest absolute Gasteiger partial charge is 0.573 e. The molecule has 0 radical (unpaired) electrons. The fraction of sp³-hybridized carbons (Fsp3) is 0.200. The van der Waals surface area contributed by atoms with E-state index in [4.69, 9.17) is 4.84 Å². The van der Waals surface area contributed by atoms with Crippen molar-refractivity contribution in [3.63, 3.8) is 0 Å². The van der Waals surface area contributed by atoms with E-state index in [0.29, 0.717) is 18.0 Å². The van der Waals surface area contributed by atoms with Crippen LogP contribution < -0.4 is 4.74 Å². The molecule has 0 spiro atoms. The van der Waals surface area contributed by atoms with Crippen molar-refractivity contribution in [3.8, 4) is 28.7 Å². The van der Waals surface area contributed by atoms with Gasteiger partial charge in [0.2, 0.25) is 0 Å². The Morgan fingerprint density at radius 3 is 2.47 bits per heavy atom. The fourth-order valence-corrected chi connectivity index (χ4v) is 3.74. The van der Waals surface area contributed by atoms with Gasteiger partial charge in [0.1, 0.15) is 18.1 Å². The normalized spacial score (nSPS) is 13.5. The van der Waals surface area contributed by atoms with Crippen LogP contribution in [0.15, 0.2) is 96.7 Å². The number of alkyl halides is 3. The van der Waals surface area contributed by atoms with Crippen molar-refractivity contribution in [2.24, 2.45) is 11.1 Å². The van der Waals surface area contributed by atoms with E-state index < -0.39 is 6.36 Å². The van der Waals surface area contributed by atoms with Crippen molar-refractivity contribution in [1.29, 1.82) is 0 Å². The zero-order valence-corrected chi connectivity index (χ0v) is 20.4. The van der Waals surface area contributed by atoms with Crippen molar-refractivity contribution in [2.75, 3.05) is 0 Å². The van der Waals surface area contributed by atoms with Gasteiger partial charge in [0.05, 0.1) is 12.9 Å². The minimum atomic E-state index is -4.73. The highest BCUT2D eigenvalue weighted by atomic mass is 19.4. The van der Waals surface area contributed by atoms with Gasteiger partial charge in [-0.05, 0) is 53.8 Å². The van der Waals surface area contributed by atoms with Crippen molar-refractivity contribution >= 4 is 5.71 Å². The molecule has 1 heterocycles. The van der Waals surface area contributed by atoms with Gasteiger partial charge in [-0.2, -0.15) is 0 Å². The first-order chi connectivity index (χ1) is 18.4. The number of hydrogen-bond acceptors (Lipinski definition) is 4. The van der Waals surface area contributed by atoms with Crippen LogP contribution in [0.3, 0.4) is 0 Å². The molecule has 8 heteroatoms. The van der Waals surface area contributed by atoms with Gasteiger partial charge < -0.3 is 14.1 Å². The smallest absolute Gasteiger partial charge is 0.406 e. The van der Waals surface area contributed by atoms with E-state index in [-0.39, 0.29) is 12.4 Å². The van der Waals surface area contributed by atoms with Gasteiger partial charge in [-0.25, -0.2) is 4.98 Å². The Kier molecular flexibility index (Phi) is 7.45. The molecule has 0 N–H and O–H groups in total. The summed E-state index contributed by atoms with van der Waals surface area (Å²) in [6.07, 6.45) is 2.94. The lowest BCUT2D eigenvalue weighted by Crippen LogP contribution is -2.17. The van der Waals surface area contributed by atoms with Gasteiger partial charge in [-0.1, -0.05) is 65.5 Å². The van der Waals surface area contributed by atoms with Crippen LogP contribution in [0.25, 0.3) is 11.1 Å². The van der Waals surface area contributed by atoms with Crippen molar-refractivity contribution in [3.05, 3.63) is 108 Å². The zero-order chi connectivity index (χ0) is 26.4. The van der Waals surface area contributed by atoms with E-state index in [0.717, 1.165) is 28.0 Å². The predicted octanol–water partition coefficient (Wildman–Crippen LogP) is 6.83. The van der Waals surface area contributed by atoms with E-state index in [1.54, 1.807) is 18.6 Å². The maximum absolute atomic E-state index is 12.5. The second-order valence-corrected chi connectivity index (χ2v) is 8.94. The summed E-state index contributed by atoms with van der Waals surface area (Å²) in [6, 6.07) is 21.2. The van der Waals surface area contributed by atoms with Crippen LogP contribution in [0.2, 0.25) is 0 Å². The number of rotatable bonds is 8. The van der Waals surface area contributed by atoms with E-state index in [1.807, 2.05) is 59.3 Å². The number of imidazole rings is 1. The molecule has 0 amide bonds. The third-order valence-electron chi connectivity index (χ3n) is 5.87. The summed E-state index contributed by atoms with van der Waals surface area (Å²) in [6.45, 7) is 0.720. The van der Waals surface area contributed by atoms with Crippen molar-refractivity contribution < 1.29 is 22.7 Å². The first-order valence-corrected chi connectivity index (χ1v) is 12.1. The van der Waals surface area contributed by atoms with Gasteiger partial charge in [0.15, 0.2) is 0 Å². The molecule has 5 nitrogen and oxygen atoms in total. The molecule has 5 rings (SSSR count). The number of halogens is 3. The standard InChI is InChI=1S/C30H24F3N3O2/c31-30(32,33)38-28-3-1-2-27(18-28)25-12-10-24(11-13-25)20-37-35-29(19-36-17-16-34-21-36)26-14-8-23(9-15-26)7-6-22-4-5-22/h1-3,8-18,21-22H,4-5,19-20H2/b35-29+. The summed E-state index contributed by atoms with van der Waals surface area (Å²) in [7, 11) is 0. The summed E-state index contributed by atoms with van der Waals surface area (Å²) in [5.74, 6) is 6.77. The van der Waals surface area contributed by atoms with E-state index in [9.17, 15) is 13.2 Å². The molecule has 38 heavy (non-hydrogen) atoms. The number of hydrogen-bond donors (Lipinski definition) is 0. The molecule has 1 fully saturated rings. The van der Waals surface area contributed by atoms with Crippen LogP contribution in [0.4, 0.5) is 13.2 Å². The first kappa shape index (κ1) is 25.2. The van der Waals surface area contributed by atoms with Gasteiger partial charge in [0.25, 0.3) is 0 Å². The average Bonchev–Trinajstić information content (AvgIpc) is 3.60. The molecular formula is C30H24F3N3O2. The molecule has 192 valence electrons. The Balaban J connectivity index is 1.26. The summed E-state index contributed by atoms with van der Waals surface area (Å²) in [5.41, 5.74) is 4.88. The number of benzene rings is 3. The van der Waals surface area contributed by atoms with E-state index in [1.165, 1.54) is 31.0 Å². The van der Waals surface area contributed by atoms with Crippen LogP contribution in [0, 0.1) is 17.8 Å². The van der Waals surface area contributed by atoms with Crippen LogP contribution in [0.1, 0.15) is 29.5 Å². The quantitative estimate of drug-likeness (QED) is 0.147. The molecule has 1 aromatic heterocycles. The molecule has 4 aromatic rings. The molecule has 0 unspecified atom stereocenters. The molecular weight excluding hydrogens is 491 g/mol. The molecule has 0 bridgehead atoms. The zero-order valence-electron chi connectivity index (χ0n) is 20.4. The van der Waals surface area contributed by atoms with Crippen LogP contribution >= 0.6 is 0 Å². The summed E-state index contributed by atoms with van der Waals surface area (Å²) in [5, 5.41) is 4.41. The van der Waals surface area contributed by atoms with Crippen LogP contribution in [-0.4, -0.2) is 21.6 Å². The Morgan fingerprint density at radius 1 is 1.00 bits per heavy atom. The maximum atomic E-state index is 12.5. The minimum absolute atomic E-state index is 0.232. The van der Waals surface area contributed by atoms with Crippen molar-refractivity contribution in [1.82, 2.24) is 9.55 Å². The van der Waals surface area contributed by atoms with Gasteiger partial charge in [-0.3, -0.25) is 0 Å². The van der Waals surface area contributed by atoms with Crippen LogP contribution in [0.5, 0.6) is 5.75 Å². The lowest BCUT2D eigenvalue weighted by molar-refractivity contribution is -0.274. The highest BCUT2D eigenvalue weighted by Gasteiger charge is 2.31. The molecule has 0 aliphatic heterocycles. The van der Waals surface area contributed by atoms with Crippen molar-refractivity contribution in [2.45, 2.75) is 32.4 Å². The fourth-order valence-electron chi connectivity index (χ4n) is 3.74. The van der Waals surface area contributed by atoms with Crippen LogP contribution in [-0.2, 0) is 18.0 Å². The van der Waals surface area contributed by atoms with Gasteiger partial charge in [0, 0.05) is 29.4 Å². The topological polar surface area (TPSA) is 48.6 Å². The third-order valence-corrected chi connectivity index (χ3v) is 5.87. The van der Waals surface area contributed by atoms with Gasteiger partial charge in [-0.15, -0.1) is 13.2 Å². The summed E-state index contributed by atoms with van der Waals surface area (Å²) < 4.78 is 43.5. The molecule has 3 aromatic carbocycles. The summed E-state index contributed by atoms with van der Waals surface area (Å²) >= 11 is 0. The first-order valence-electron chi connectivity index (χ1n) is 12.1. The molecule has 1 aliphatic rings. The molecule has 0 atom stereocenters. The summed E-state index contributed by atoms with van der Waals surface area (Å²) in [4.78, 5) is 9.80. The SMILES string of the molecule is FC(F)(F)Oc1cccc(-c2ccc(CO/N=C(\Cn3ccnc3)c3ccc(C#CC4CC4)cc3)cc2)c1. The maximum Gasteiger partial charge on any atom is 0.573 e.